The molecule has 1 saturated heterocycles. The fraction of sp³-hybridized carbons (Fsp3) is 0.900. The highest BCUT2D eigenvalue weighted by Crippen LogP contribution is 2.15. The van der Waals surface area contributed by atoms with Crippen molar-refractivity contribution in [2.45, 2.75) is 13.8 Å². The normalized spacial score (nSPS) is 20.5. The van der Waals surface area contributed by atoms with Crippen molar-refractivity contribution in [3.8, 4) is 0 Å². The van der Waals surface area contributed by atoms with Crippen LogP contribution in [0.5, 0.6) is 0 Å². The van der Waals surface area contributed by atoms with Crippen molar-refractivity contribution < 1.29 is 5.21 Å². The predicted molar refractivity (Wildman–Crippen MR) is 65.2 cm³/mol. The van der Waals surface area contributed by atoms with E-state index in [0.29, 0.717) is 0 Å². The van der Waals surface area contributed by atoms with Gasteiger partial charge in [-0.3, -0.25) is 4.90 Å². The third-order valence-electron chi connectivity index (χ3n) is 2.63. The van der Waals surface area contributed by atoms with E-state index in [4.69, 9.17) is 5.21 Å². The smallest absolute Gasteiger partial charge is 0.0504 e. The number of oxime groups is 1. The van der Waals surface area contributed by atoms with Crippen LogP contribution in [0.1, 0.15) is 13.8 Å². The van der Waals surface area contributed by atoms with Crippen LogP contribution in [0.15, 0.2) is 5.16 Å². The molecule has 0 radical (unpaired) electrons. The Balaban J connectivity index is 0.00000196. The fourth-order valence-electron chi connectivity index (χ4n) is 1.78. The van der Waals surface area contributed by atoms with E-state index in [9.17, 15) is 0 Å². The summed E-state index contributed by atoms with van der Waals surface area (Å²) in [6, 6.07) is 0. The van der Waals surface area contributed by atoms with Crippen LogP contribution in [0.3, 0.4) is 0 Å². The zero-order valence-corrected chi connectivity index (χ0v) is 10.6. The third kappa shape index (κ3) is 5.35. The molecule has 0 unspecified atom stereocenters. The first-order valence-electron chi connectivity index (χ1n) is 5.13. The van der Waals surface area contributed by atoms with Crippen LogP contribution >= 0.6 is 12.4 Å². The zero-order chi connectivity index (χ0) is 10.6. The number of rotatable bonds is 3. The molecule has 5 heteroatoms. The van der Waals surface area contributed by atoms with Gasteiger partial charge >= 0.3 is 0 Å². The maximum atomic E-state index is 8.52. The SMILES string of the molecule is CN1CCN(CC(C)(C)/C=N/O)CC1.Cl. The molecule has 0 spiro atoms. The van der Waals surface area contributed by atoms with Crippen molar-refractivity contribution in [3.63, 3.8) is 0 Å². The second-order valence-electron chi connectivity index (χ2n) is 4.81. The van der Waals surface area contributed by atoms with Crippen LogP contribution in [0.4, 0.5) is 0 Å². The molecule has 0 amide bonds. The van der Waals surface area contributed by atoms with E-state index in [2.05, 4.69) is 35.9 Å². The summed E-state index contributed by atoms with van der Waals surface area (Å²) in [4.78, 5) is 4.76. The quantitative estimate of drug-likeness (QED) is 0.453. The maximum absolute atomic E-state index is 8.52. The van der Waals surface area contributed by atoms with Crippen LogP contribution < -0.4 is 0 Å². The maximum Gasteiger partial charge on any atom is 0.0504 e. The molecule has 15 heavy (non-hydrogen) atoms. The monoisotopic (exact) mass is 235 g/mol. The summed E-state index contributed by atoms with van der Waals surface area (Å²) in [6.45, 7) is 9.62. The van der Waals surface area contributed by atoms with E-state index in [1.807, 2.05) is 0 Å². The van der Waals surface area contributed by atoms with Crippen LogP contribution in [0, 0.1) is 5.41 Å². The summed E-state index contributed by atoms with van der Waals surface area (Å²) in [7, 11) is 2.15. The Bertz CT molecular complexity index is 201. The van der Waals surface area contributed by atoms with Gasteiger partial charge in [0.1, 0.15) is 0 Å². The molecule has 90 valence electrons. The van der Waals surface area contributed by atoms with Crippen molar-refractivity contribution in [2.75, 3.05) is 39.8 Å². The molecule has 0 bridgehead atoms. The molecule has 1 aliphatic heterocycles. The Morgan fingerprint density at radius 3 is 2.27 bits per heavy atom. The summed E-state index contributed by atoms with van der Waals surface area (Å²) in [6.07, 6.45) is 1.62. The standard InChI is InChI=1S/C10H21N3O.ClH/c1-10(2,8-11-14)9-13-6-4-12(3)5-7-13;/h8,14H,4-7,9H2,1-3H3;1H/b11-8+;. The molecular weight excluding hydrogens is 214 g/mol. The molecule has 1 N–H and O–H groups in total. The highest BCUT2D eigenvalue weighted by Gasteiger charge is 2.22. The minimum absolute atomic E-state index is 0. The van der Waals surface area contributed by atoms with Gasteiger partial charge in [-0.15, -0.1) is 17.6 Å². The van der Waals surface area contributed by atoms with Crippen LogP contribution in [-0.2, 0) is 0 Å². The van der Waals surface area contributed by atoms with Crippen molar-refractivity contribution in [2.24, 2.45) is 10.6 Å². The summed E-state index contributed by atoms with van der Waals surface area (Å²) in [5.41, 5.74) is -0.0370. The second kappa shape index (κ2) is 6.30. The summed E-state index contributed by atoms with van der Waals surface area (Å²) in [5.74, 6) is 0. The molecule has 1 rings (SSSR count). The van der Waals surface area contributed by atoms with Crippen molar-refractivity contribution in [3.05, 3.63) is 0 Å². The zero-order valence-electron chi connectivity index (χ0n) is 9.81. The number of halogens is 1. The first-order chi connectivity index (χ1) is 6.53. The number of nitrogens with zero attached hydrogens (tertiary/aromatic N) is 3. The van der Waals surface area contributed by atoms with Gasteiger partial charge in [-0.25, -0.2) is 0 Å². The number of piperazine rings is 1. The average molecular weight is 236 g/mol. The van der Waals surface area contributed by atoms with E-state index in [0.717, 1.165) is 32.7 Å². The van der Waals surface area contributed by atoms with Crippen molar-refractivity contribution >= 4 is 18.6 Å². The van der Waals surface area contributed by atoms with E-state index >= 15 is 0 Å². The lowest BCUT2D eigenvalue weighted by Gasteiger charge is -2.36. The molecule has 0 aromatic heterocycles. The van der Waals surface area contributed by atoms with E-state index in [1.165, 1.54) is 0 Å². The second-order valence-corrected chi connectivity index (χ2v) is 4.81. The van der Waals surface area contributed by atoms with E-state index in [1.54, 1.807) is 6.21 Å². The van der Waals surface area contributed by atoms with E-state index in [-0.39, 0.29) is 17.8 Å². The molecule has 0 aromatic rings. The number of hydrogen-bond donors (Lipinski definition) is 1. The summed E-state index contributed by atoms with van der Waals surface area (Å²) < 4.78 is 0. The molecule has 1 fully saturated rings. The lowest BCUT2D eigenvalue weighted by Crippen LogP contribution is -2.47. The molecule has 0 aromatic carbocycles. The van der Waals surface area contributed by atoms with Crippen LogP contribution in [-0.4, -0.2) is 61.0 Å². The minimum atomic E-state index is -0.0370. The van der Waals surface area contributed by atoms with Gasteiger partial charge < -0.3 is 10.1 Å². The molecule has 1 aliphatic rings. The van der Waals surface area contributed by atoms with Gasteiger partial charge in [-0.1, -0.05) is 13.8 Å². The van der Waals surface area contributed by atoms with Gasteiger partial charge in [0.25, 0.3) is 0 Å². The Morgan fingerprint density at radius 1 is 1.27 bits per heavy atom. The topological polar surface area (TPSA) is 39.1 Å². The number of likely N-dealkylation sites (N-methyl/N-ethyl adjacent to an activating group) is 1. The first kappa shape index (κ1) is 14.7. The first-order valence-corrected chi connectivity index (χ1v) is 5.13. The Labute approximate surface area is 98.3 Å². The van der Waals surface area contributed by atoms with Gasteiger partial charge in [0.15, 0.2) is 0 Å². The molecule has 0 atom stereocenters. The lowest BCUT2D eigenvalue weighted by atomic mass is 9.94. The molecule has 0 saturated carbocycles. The third-order valence-corrected chi connectivity index (χ3v) is 2.63. The Kier molecular flexibility index (Phi) is 6.17. The van der Waals surface area contributed by atoms with Crippen molar-refractivity contribution in [1.82, 2.24) is 9.80 Å². The van der Waals surface area contributed by atoms with Gasteiger partial charge in [-0.2, -0.15) is 0 Å². The van der Waals surface area contributed by atoms with Gasteiger partial charge in [0, 0.05) is 38.1 Å². The highest BCUT2D eigenvalue weighted by atomic mass is 35.5. The largest absolute Gasteiger partial charge is 0.411 e. The minimum Gasteiger partial charge on any atom is -0.411 e. The van der Waals surface area contributed by atoms with Crippen molar-refractivity contribution in [1.29, 1.82) is 0 Å². The Hall–Kier alpha value is -0.320. The van der Waals surface area contributed by atoms with E-state index < -0.39 is 0 Å². The van der Waals surface area contributed by atoms with Gasteiger partial charge in [0.2, 0.25) is 0 Å². The summed E-state index contributed by atoms with van der Waals surface area (Å²) in [5, 5.41) is 11.6. The molecule has 4 nitrogen and oxygen atoms in total. The average Bonchev–Trinajstić information content (AvgIpc) is 2.08. The predicted octanol–water partition coefficient (Wildman–Crippen LogP) is 1.14. The Morgan fingerprint density at radius 2 is 1.80 bits per heavy atom. The number of hydrogen-bond acceptors (Lipinski definition) is 4. The molecule has 0 aliphatic carbocycles. The van der Waals surface area contributed by atoms with Gasteiger partial charge in [0.05, 0.1) is 6.21 Å². The molecule has 1 heterocycles. The fourth-order valence-corrected chi connectivity index (χ4v) is 1.78. The van der Waals surface area contributed by atoms with Crippen LogP contribution in [0.2, 0.25) is 0 Å². The lowest BCUT2D eigenvalue weighted by molar-refractivity contribution is 0.131. The van der Waals surface area contributed by atoms with Gasteiger partial charge in [-0.05, 0) is 7.05 Å². The highest BCUT2D eigenvalue weighted by molar-refractivity contribution is 5.85. The molecular formula is C10H22ClN3O. The summed E-state index contributed by atoms with van der Waals surface area (Å²) >= 11 is 0. The van der Waals surface area contributed by atoms with Crippen LogP contribution in [0.25, 0.3) is 0 Å².